The Labute approximate surface area is 105 Å². The Balaban J connectivity index is 1.84. The van der Waals surface area contributed by atoms with Gasteiger partial charge < -0.3 is 5.32 Å². The van der Waals surface area contributed by atoms with Crippen LogP contribution in [0, 0.1) is 0 Å². The van der Waals surface area contributed by atoms with Gasteiger partial charge in [0.2, 0.25) is 0 Å². The van der Waals surface area contributed by atoms with E-state index in [0.29, 0.717) is 12.5 Å². The first-order chi connectivity index (χ1) is 8.44. The minimum absolute atomic E-state index is 0.498. The van der Waals surface area contributed by atoms with Gasteiger partial charge in [-0.3, -0.25) is 0 Å². The van der Waals surface area contributed by atoms with Gasteiger partial charge in [0.15, 0.2) is 0 Å². The molecule has 1 unspecified atom stereocenters. The number of rotatable bonds is 5. The second-order valence-corrected chi connectivity index (χ2v) is 5.12. The van der Waals surface area contributed by atoms with Crippen molar-refractivity contribution in [1.82, 2.24) is 5.32 Å². The molecule has 100 valence electrons. The van der Waals surface area contributed by atoms with Crippen LogP contribution in [0.5, 0.6) is 0 Å². The third-order valence-electron chi connectivity index (χ3n) is 3.19. The second kappa shape index (κ2) is 5.31. The van der Waals surface area contributed by atoms with E-state index in [1.807, 2.05) is 12.1 Å². The van der Waals surface area contributed by atoms with Crippen molar-refractivity contribution in [2.75, 3.05) is 0 Å². The molecule has 0 spiro atoms. The van der Waals surface area contributed by atoms with Gasteiger partial charge >= 0.3 is 6.18 Å². The Morgan fingerprint density at radius 1 is 1.33 bits per heavy atom. The van der Waals surface area contributed by atoms with E-state index in [2.05, 4.69) is 17.4 Å². The van der Waals surface area contributed by atoms with Gasteiger partial charge in [0.1, 0.15) is 0 Å². The highest BCUT2D eigenvalue weighted by atomic mass is 19.4. The van der Waals surface area contributed by atoms with E-state index in [-0.39, 0.29) is 0 Å². The van der Waals surface area contributed by atoms with Crippen molar-refractivity contribution in [1.29, 1.82) is 0 Å². The molecule has 1 N–H and O–H groups in total. The van der Waals surface area contributed by atoms with Crippen LogP contribution in [0.25, 0.3) is 0 Å². The fraction of sp³-hybridized carbons (Fsp3) is 0.571. The summed E-state index contributed by atoms with van der Waals surface area (Å²) in [6.45, 7) is 2.07. The SMILES string of the molecule is CC(CC(F)(F)F)NCc1cccc(C2CC2)c1. The molecule has 0 radical (unpaired) electrons. The molecule has 2 rings (SSSR count). The molecule has 1 aromatic carbocycles. The molecule has 0 aromatic heterocycles. The predicted octanol–water partition coefficient (Wildman–Crippen LogP) is 3.99. The molecule has 4 heteroatoms. The molecule has 1 aromatic rings. The Bertz CT molecular complexity index is 396. The number of hydrogen-bond acceptors (Lipinski definition) is 1. The Kier molecular flexibility index (Phi) is 3.95. The summed E-state index contributed by atoms with van der Waals surface area (Å²) in [5, 5.41) is 2.92. The van der Waals surface area contributed by atoms with Gasteiger partial charge in [-0.1, -0.05) is 24.3 Å². The van der Waals surface area contributed by atoms with Gasteiger partial charge in [0.25, 0.3) is 0 Å². The first kappa shape index (κ1) is 13.4. The highest BCUT2D eigenvalue weighted by Crippen LogP contribution is 2.40. The standard InChI is InChI=1S/C14H18F3N/c1-10(8-14(15,16)17)18-9-11-3-2-4-13(7-11)12-5-6-12/h2-4,7,10,12,18H,5-6,8-9H2,1H3. The minimum atomic E-state index is -4.09. The normalized spacial score (nSPS) is 17.8. The van der Waals surface area contributed by atoms with Crippen LogP contribution in [0.3, 0.4) is 0 Å². The zero-order valence-electron chi connectivity index (χ0n) is 10.4. The molecule has 0 amide bonds. The molecule has 0 heterocycles. The summed E-state index contributed by atoms with van der Waals surface area (Å²) in [5.41, 5.74) is 2.38. The molecule has 0 aliphatic heterocycles. The summed E-state index contributed by atoms with van der Waals surface area (Å²) in [6, 6.07) is 7.60. The minimum Gasteiger partial charge on any atom is -0.310 e. The fourth-order valence-corrected chi connectivity index (χ4v) is 2.09. The van der Waals surface area contributed by atoms with E-state index in [4.69, 9.17) is 0 Å². The lowest BCUT2D eigenvalue weighted by atomic mass is 10.1. The van der Waals surface area contributed by atoms with Crippen LogP contribution in [0.15, 0.2) is 24.3 Å². The summed E-state index contributed by atoms with van der Waals surface area (Å²) in [6.07, 6.45) is -2.40. The number of nitrogens with one attached hydrogen (secondary N) is 1. The highest BCUT2D eigenvalue weighted by Gasteiger charge is 2.29. The highest BCUT2D eigenvalue weighted by molar-refractivity contribution is 5.29. The molecule has 1 fully saturated rings. The van der Waals surface area contributed by atoms with E-state index < -0.39 is 18.6 Å². The van der Waals surface area contributed by atoms with E-state index >= 15 is 0 Å². The van der Waals surface area contributed by atoms with Crippen molar-refractivity contribution in [2.45, 2.75) is 50.9 Å². The summed E-state index contributed by atoms with van der Waals surface area (Å²) < 4.78 is 36.5. The van der Waals surface area contributed by atoms with Crippen LogP contribution in [-0.2, 0) is 6.54 Å². The smallest absolute Gasteiger partial charge is 0.310 e. The molecule has 1 atom stereocenters. The predicted molar refractivity (Wildman–Crippen MR) is 65.4 cm³/mol. The average molecular weight is 257 g/mol. The van der Waals surface area contributed by atoms with Crippen molar-refractivity contribution < 1.29 is 13.2 Å². The summed E-state index contributed by atoms with van der Waals surface area (Å²) >= 11 is 0. The zero-order valence-corrected chi connectivity index (χ0v) is 10.4. The zero-order chi connectivity index (χ0) is 13.2. The van der Waals surface area contributed by atoms with Crippen LogP contribution in [0.1, 0.15) is 43.2 Å². The van der Waals surface area contributed by atoms with Crippen LogP contribution < -0.4 is 5.32 Å². The largest absolute Gasteiger partial charge is 0.390 e. The van der Waals surface area contributed by atoms with Crippen molar-refractivity contribution in [3.05, 3.63) is 35.4 Å². The van der Waals surface area contributed by atoms with E-state index in [9.17, 15) is 13.2 Å². The maximum absolute atomic E-state index is 12.2. The summed E-state index contributed by atoms with van der Waals surface area (Å²) in [5.74, 6) is 0.678. The lowest BCUT2D eigenvalue weighted by Crippen LogP contribution is -2.30. The first-order valence-corrected chi connectivity index (χ1v) is 6.33. The molecule has 18 heavy (non-hydrogen) atoms. The third kappa shape index (κ3) is 4.33. The van der Waals surface area contributed by atoms with E-state index in [0.717, 1.165) is 5.56 Å². The van der Waals surface area contributed by atoms with Crippen molar-refractivity contribution in [2.24, 2.45) is 0 Å². The quantitative estimate of drug-likeness (QED) is 0.840. The Morgan fingerprint density at radius 3 is 2.67 bits per heavy atom. The summed E-state index contributed by atoms with van der Waals surface area (Å²) in [4.78, 5) is 0. The monoisotopic (exact) mass is 257 g/mol. The maximum Gasteiger partial charge on any atom is 0.390 e. The van der Waals surface area contributed by atoms with Gasteiger partial charge in [-0.05, 0) is 36.8 Å². The molecular weight excluding hydrogens is 239 g/mol. The van der Waals surface area contributed by atoms with Crippen LogP contribution >= 0.6 is 0 Å². The van der Waals surface area contributed by atoms with Gasteiger partial charge in [-0.25, -0.2) is 0 Å². The number of benzene rings is 1. The van der Waals surface area contributed by atoms with Crippen LogP contribution in [-0.4, -0.2) is 12.2 Å². The maximum atomic E-state index is 12.2. The van der Waals surface area contributed by atoms with Crippen LogP contribution in [0.2, 0.25) is 0 Å². The first-order valence-electron chi connectivity index (χ1n) is 6.33. The van der Waals surface area contributed by atoms with Gasteiger partial charge in [0, 0.05) is 12.6 Å². The fourth-order valence-electron chi connectivity index (χ4n) is 2.09. The molecule has 1 saturated carbocycles. The molecule has 1 aliphatic carbocycles. The van der Waals surface area contributed by atoms with Crippen LogP contribution in [0.4, 0.5) is 13.2 Å². The molecule has 0 bridgehead atoms. The summed E-state index contributed by atoms with van der Waals surface area (Å²) in [7, 11) is 0. The Morgan fingerprint density at radius 2 is 2.06 bits per heavy atom. The molecular formula is C14H18F3N. The number of hydrogen-bond donors (Lipinski definition) is 1. The molecule has 1 aliphatic rings. The number of halogens is 3. The molecule has 0 saturated heterocycles. The number of alkyl halides is 3. The average Bonchev–Trinajstić information content (AvgIpc) is 3.08. The van der Waals surface area contributed by atoms with Crippen molar-refractivity contribution in [3.63, 3.8) is 0 Å². The molecule has 1 nitrogen and oxygen atoms in total. The second-order valence-electron chi connectivity index (χ2n) is 5.12. The van der Waals surface area contributed by atoms with E-state index in [1.54, 1.807) is 6.92 Å². The third-order valence-corrected chi connectivity index (χ3v) is 3.19. The topological polar surface area (TPSA) is 12.0 Å². The van der Waals surface area contributed by atoms with Gasteiger partial charge in [-0.15, -0.1) is 0 Å². The van der Waals surface area contributed by atoms with Gasteiger partial charge in [0.05, 0.1) is 6.42 Å². The van der Waals surface area contributed by atoms with Crippen molar-refractivity contribution in [3.8, 4) is 0 Å². The van der Waals surface area contributed by atoms with E-state index in [1.165, 1.54) is 18.4 Å². The Hall–Kier alpha value is -1.03. The lowest BCUT2D eigenvalue weighted by molar-refractivity contribution is -0.139. The van der Waals surface area contributed by atoms with Crippen molar-refractivity contribution >= 4 is 0 Å². The van der Waals surface area contributed by atoms with Gasteiger partial charge in [-0.2, -0.15) is 13.2 Å². The lowest BCUT2D eigenvalue weighted by Gasteiger charge is -2.16.